The average molecular weight is 537 g/mol. The molecule has 2 fully saturated rings. The molecule has 0 unspecified atom stereocenters. The number of piperidine rings is 2. The number of hydrogen-bond acceptors (Lipinski definition) is 5. The SMILES string of the molecule is O=C(Nc1ccccc1N1CCCCC1)c1csc(C2CCN(C(=O)CCc3cccc(Cl)c3)CC2)n1. The van der Waals surface area contributed by atoms with Gasteiger partial charge >= 0.3 is 0 Å². The maximum Gasteiger partial charge on any atom is 0.275 e. The van der Waals surface area contributed by atoms with Crippen molar-refractivity contribution in [1.29, 1.82) is 0 Å². The molecule has 5 rings (SSSR count). The van der Waals surface area contributed by atoms with Crippen LogP contribution in [0.3, 0.4) is 0 Å². The summed E-state index contributed by atoms with van der Waals surface area (Å²) < 4.78 is 0. The van der Waals surface area contributed by atoms with Gasteiger partial charge in [0.25, 0.3) is 5.91 Å². The highest BCUT2D eigenvalue weighted by atomic mass is 35.5. The predicted molar refractivity (Wildman–Crippen MR) is 151 cm³/mol. The summed E-state index contributed by atoms with van der Waals surface area (Å²) >= 11 is 7.60. The van der Waals surface area contributed by atoms with Crippen molar-refractivity contribution in [1.82, 2.24) is 9.88 Å². The summed E-state index contributed by atoms with van der Waals surface area (Å²) in [6, 6.07) is 15.7. The van der Waals surface area contributed by atoms with Crippen LogP contribution in [0.1, 0.15) is 65.5 Å². The van der Waals surface area contributed by atoms with Crippen LogP contribution >= 0.6 is 22.9 Å². The summed E-state index contributed by atoms with van der Waals surface area (Å²) in [6.07, 6.45) is 6.57. The second kappa shape index (κ2) is 12.1. The maximum atomic E-state index is 13.0. The molecule has 8 heteroatoms. The number of thiazole rings is 1. The Hall–Kier alpha value is -2.90. The first-order valence-electron chi connectivity index (χ1n) is 13.2. The van der Waals surface area contributed by atoms with Crippen molar-refractivity contribution in [3.8, 4) is 0 Å². The number of hydrogen-bond donors (Lipinski definition) is 1. The van der Waals surface area contributed by atoms with Crippen molar-refractivity contribution in [3.05, 3.63) is 75.2 Å². The molecule has 0 spiro atoms. The van der Waals surface area contributed by atoms with E-state index in [0.29, 0.717) is 23.6 Å². The number of carbonyl (C=O) groups is 2. The molecule has 2 aromatic carbocycles. The average Bonchev–Trinajstić information content (AvgIpc) is 3.43. The molecule has 0 saturated carbocycles. The molecule has 0 atom stereocenters. The molecule has 0 bridgehead atoms. The zero-order valence-electron chi connectivity index (χ0n) is 21.0. The lowest BCUT2D eigenvalue weighted by atomic mass is 9.97. The lowest BCUT2D eigenvalue weighted by Crippen LogP contribution is -2.38. The van der Waals surface area contributed by atoms with E-state index in [1.807, 2.05) is 52.7 Å². The molecule has 1 N–H and O–H groups in total. The maximum absolute atomic E-state index is 13.0. The van der Waals surface area contributed by atoms with Crippen molar-refractivity contribution in [2.75, 3.05) is 36.4 Å². The molecule has 2 saturated heterocycles. The number of aromatic nitrogens is 1. The number of halogens is 1. The first-order chi connectivity index (χ1) is 18.1. The Morgan fingerprint density at radius 1 is 1.00 bits per heavy atom. The van der Waals surface area contributed by atoms with Crippen LogP contribution in [0.15, 0.2) is 53.9 Å². The number of aryl methyl sites for hydroxylation is 1. The molecule has 2 amide bonds. The van der Waals surface area contributed by atoms with Gasteiger partial charge in [0.05, 0.1) is 16.4 Å². The van der Waals surface area contributed by atoms with E-state index < -0.39 is 0 Å². The van der Waals surface area contributed by atoms with Crippen LogP contribution in [-0.2, 0) is 11.2 Å². The topological polar surface area (TPSA) is 65.5 Å². The second-order valence-electron chi connectivity index (χ2n) is 9.87. The van der Waals surface area contributed by atoms with E-state index in [0.717, 1.165) is 61.0 Å². The first kappa shape index (κ1) is 25.7. The Kier molecular flexibility index (Phi) is 8.41. The van der Waals surface area contributed by atoms with Gasteiger partial charge in [-0.2, -0.15) is 0 Å². The van der Waals surface area contributed by atoms with Crippen LogP contribution in [0.2, 0.25) is 5.02 Å². The molecule has 3 aromatic rings. The molecule has 194 valence electrons. The molecule has 6 nitrogen and oxygen atoms in total. The summed E-state index contributed by atoms with van der Waals surface area (Å²) in [5.41, 5.74) is 3.48. The number of nitrogens with one attached hydrogen (secondary N) is 1. The Labute approximate surface area is 227 Å². The minimum atomic E-state index is -0.166. The number of rotatable bonds is 7. The van der Waals surface area contributed by atoms with Crippen LogP contribution < -0.4 is 10.2 Å². The largest absolute Gasteiger partial charge is 0.370 e. The number of benzene rings is 2. The van der Waals surface area contributed by atoms with Crippen molar-refractivity contribution in [3.63, 3.8) is 0 Å². The number of para-hydroxylation sites is 2. The van der Waals surface area contributed by atoms with E-state index in [2.05, 4.69) is 16.3 Å². The van der Waals surface area contributed by atoms with Gasteiger partial charge < -0.3 is 15.1 Å². The van der Waals surface area contributed by atoms with Gasteiger partial charge in [-0.25, -0.2) is 4.98 Å². The van der Waals surface area contributed by atoms with Gasteiger partial charge in [-0.3, -0.25) is 9.59 Å². The number of carbonyl (C=O) groups excluding carboxylic acids is 2. The molecule has 0 aliphatic carbocycles. The standard InChI is InChI=1S/C29H33ClN4O2S/c30-23-8-6-7-21(19-23)11-12-27(35)34-17-13-22(14-18-34)29-32-25(20-37-29)28(36)31-24-9-2-3-10-26(24)33-15-4-1-5-16-33/h2-3,6-10,19-20,22H,1,4-5,11-18H2,(H,31,36). The second-order valence-corrected chi connectivity index (χ2v) is 11.2. The van der Waals surface area contributed by atoms with Crippen molar-refractivity contribution < 1.29 is 9.59 Å². The summed E-state index contributed by atoms with van der Waals surface area (Å²) in [6.45, 7) is 3.50. The zero-order valence-corrected chi connectivity index (χ0v) is 22.6. The minimum Gasteiger partial charge on any atom is -0.370 e. The predicted octanol–water partition coefficient (Wildman–Crippen LogP) is 6.38. The molecular weight excluding hydrogens is 504 g/mol. The van der Waals surface area contributed by atoms with E-state index in [-0.39, 0.29) is 17.7 Å². The van der Waals surface area contributed by atoms with Crippen LogP contribution in [0.5, 0.6) is 0 Å². The van der Waals surface area contributed by atoms with Crippen molar-refractivity contribution in [2.24, 2.45) is 0 Å². The Bertz CT molecular complexity index is 1230. The van der Waals surface area contributed by atoms with Gasteiger partial charge in [0.1, 0.15) is 5.69 Å². The highest BCUT2D eigenvalue weighted by Gasteiger charge is 2.26. The summed E-state index contributed by atoms with van der Waals surface area (Å²) in [7, 11) is 0. The highest BCUT2D eigenvalue weighted by Crippen LogP contribution is 2.32. The van der Waals surface area contributed by atoms with Gasteiger partial charge in [-0.15, -0.1) is 11.3 Å². The lowest BCUT2D eigenvalue weighted by molar-refractivity contribution is -0.132. The first-order valence-corrected chi connectivity index (χ1v) is 14.5. The summed E-state index contributed by atoms with van der Waals surface area (Å²) in [4.78, 5) is 34.8. The smallest absolute Gasteiger partial charge is 0.275 e. The Morgan fingerprint density at radius 2 is 1.78 bits per heavy atom. The normalized spacial score (nSPS) is 16.6. The van der Waals surface area contributed by atoms with E-state index in [4.69, 9.17) is 16.6 Å². The fourth-order valence-electron chi connectivity index (χ4n) is 5.23. The Balaban J connectivity index is 1.14. The third-order valence-corrected chi connectivity index (χ3v) is 8.56. The number of likely N-dealkylation sites (tertiary alicyclic amines) is 1. The summed E-state index contributed by atoms with van der Waals surface area (Å²) in [5.74, 6) is 0.301. The number of amides is 2. The number of nitrogens with zero attached hydrogens (tertiary/aromatic N) is 3. The lowest BCUT2D eigenvalue weighted by Gasteiger charge is -2.31. The van der Waals surface area contributed by atoms with E-state index >= 15 is 0 Å². The third-order valence-electron chi connectivity index (χ3n) is 7.32. The van der Waals surface area contributed by atoms with Crippen LogP contribution in [0.4, 0.5) is 11.4 Å². The fourth-order valence-corrected chi connectivity index (χ4v) is 6.42. The number of anilines is 2. The summed E-state index contributed by atoms with van der Waals surface area (Å²) in [5, 5.41) is 6.64. The molecular formula is C29H33ClN4O2S. The van der Waals surface area contributed by atoms with Crippen molar-refractivity contribution >= 4 is 46.1 Å². The minimum absolute atomic E-state index is 0.166. The van der Waals surface area contributed by atoms with Gasteiger partial charge in [0, 0.05) is 48.9 Å². The molecule has 0 radical (unpaired) electrons. The van der Waals surface area contributed by atoms with E-state index in [1.165, 1.54) is 19.3 Å². The highest BCUT2D eigenvalue weighted by molar-refractivity contribution is 7.10. The monoisotopic (exact) mass is 536 g/mol. The third kappa shape index (κ3) is 6.51. The molecule has 1 aromatic heterocycles. The van der Waals surface area contributed by atoms with Gasteiger partial charge in [0.15, 0.2) is 0 Å². The van der Waals surface area contributed by atoms with Gasteiger partial charge in [-0.1, -0.05) is 35.9 Å². The van der Waals surface area contributed by atoms with E-state index in [1.54, 1.807) is 11.3 Å². The zero-order chi connectivity index (χ0) is 25.6. The molecule has 37 heavy (non-hydrogen) atoms. The fraction of sp³-hybridized carbons (Fsp3) is 0.414. The quantitative estimate of drug-likeness (QED) is 0.380. The van der Waals surface area contributed by atoms with Gasteiger partial charge in [0.2, 0.25) is 5.91 Å². The van der Waals surface area contributed by atoms with Crippen molar-refractivity contribution in [2.45, 2.75) is 50.9 Å². The van der Waals surface area contributed by atoms with E-state index in [9.17, 15) is 9.59 Å². The van der Waals surface area contributed by atoms with Crippen LogP contribution in [-0.4, -0.2) is 47.9 Å². The van der Waals surface area contributed by atoms with Crippen LogP contribution in [0, 0.1) is 0 Å². The molecule has 3 heterocycles. The van der Waals surface area contributed by atoms with Crippen LogP contribution in [0.25, 0.3) is 0 Å². The van der Waals surface area contributed by atoms with Gasteiger partial charge in [-0.05, 0) is 68.4 Å². The molecule has 2 aliphatic heterocycles. The Morgan fingerprint density at radius 3 is 2.57 bits per heavy atom. The molecule has 2 aliphatic rings.